The Bertz CT molecular complexity index is 203. The van der Waals surface area contributed by atoms with E-state index >= 15 is 0 Å². The maximum atomic E-state index is 11.1. The molecule has 1 unspecified atom stereocenters. The Hall–Kier alpha value is 2.21. The summed E-state index contributed by atoms with van der Waals surface area (Å²) < 4.78 is 14.0. The highest BCUT2D eigenvalue weighted by Gasteiger charge is 2.29. The molecule has 0 radical (unpaired) electrons. The second-order valence-electron chi connectivity index (χ2n) is 2.02. The molecule has 0 aliphatic carbocycles. The van der Waals surface area contributed by atoms with Crippen LogP contribution in [0.1, 0.15) is 0 Å². The van der Waals surface area contributed by atoms with Crippen molar-refractivity contribution in [1.29, 1.82) is 0 Å². The maximum absolute atomic E-state index is 11.1. The zero-order valence-corrected chi connectivity index (χ0v) is 13.8. The molecule has 0 aliphatic rings. The molecule has 3 N–H and O–H groups in total. The third kappa shape index (κ3) is 9.87. The van der Waals surface area contributed by atoms with Crippen LogP contribution < -0.4 is 4.13 Å². The topological polar surface area (TPSA) is 69.6 Å². The van der Waals surface area contributed by atoms with E-state index in [1.54, 1.807) is 10.8 Å². The van der Waals surface area contributed by atoms with Crippen LogP contribution in [0.2, 0.25) is 0 Å². The van der Waals surface area contributed by atoms with E-state index in [0.717, 1.165) is 0 Å². The third-order valence-electron chi connectivity index (χ3n) is 0.996. The van der Waals surface area contributed by atoms with Crippen molar-refractivity contribution >= 4 is 72.7 Å². The van der Waals surface area contributed by atoms with Crippen LogP contribution in [0.3, 0.4) is 0 Å². The first kappa shape index (κ1) is 17.2. The smallest absolute Gasteiger partial charge is 0.324 e. The van der Waals surface area contributed by atoms with Crippen LogP contribution in [-0.2, 0) is 4.57 Å². The van der Waals surface area contributed by atoms with Crippen molar-refractivity contribution in [3.8, 4) is 0 Å². The molecule has 11 heteroatoms. The SMILES string of the molecule is CSSNSCC(SSSC)P(=O)(O)O. The molecule has 0 aromatic heterocycles. The molecule has 1 atom stereocenters. The van der Waals surface area contributed by atoms with Crippen molar-refractivity contribution < 1.29 is 14.4 Å². The standard InChI is InChI=1S/C4H12NO3PS6/c1-10-14-5-12-3-4(9(6,7)8)13-15-11-2/h4-5H,3H2,1-2H3,(H2,6,7,8). The van der Waals surface area contributed by atoms with Crippen LogP contribution in [-0.4, -0.2) is 33.0 Å². The van der Waals surface area contributed by atoms with Gasteiger partial charge in [-0.25, -0.2) is 0 Å². The van der Waals surface area contributed by atoms with Gasteiger partial charge in [0.25, 0.3) is 0 Å². The summed E-state index contributed by atoms with van der Waals surface area (Å²) in [4.78, 5) is 17.5. The minimum Gasteiger partial charge on any atom is -0.324 e. The second kappa shape index (κ2) is 10.2. The molecule has 0 amide bonds. The molecule has 0 aliphatic heterocycles. The molecular formula is C4H12NO3PS6. The summed E-state index contributed by atoms with van der Waals surface area (Å²) >= 11 is 1.32. The Kier molecular flexibility index (Phi) is 11.7. The van der Waals surface area contributed by atoms with Gasteiger partial charge in [-0.05, 0) is 33.3 Å². The zero-order valence-electron chi connectivity index (χ0n) is 7.98. The fraction of sp³-hybridized carbons (Fsp3) is 1.00. The van der Waals surface area contributed by atoms with Crippen LogP contribution >= 0.6 is 72.7 Å². The molecule has 0 fully saturated rings. The maximum Gasteiger partial charge on any atom is 0.340 e. The van der Waals surface area contributed by atoms with Gasteiger partial charge in [0.2, 0.25) is 0 Å². The lowest BCUT2D eigenvalue weighted by Gasteiger charge is -2.15. The first-order chi connectivity index (χ1) is 7.02. The first-order valence-corrected chi connectivity index (χ1v) is 12.7. The summed E-state index contributed by atoms with van der Waals surface area (Å²) in [5, 5.41) is 0. The van der Waals surface area contributed by atoms with E-state index < -0.39 is 12.6 Å². The number of hydrogen-bond donors (Lipinski definition) is 3. The highest BCUT2D eigenvalue weighted by atomic mass is 33.5. The predicted molar refractivity (Wildman–Crippen MR) is 81.2 cm³/mol. The minimum atomic E-state index is -4.00. The average molecular weight is 346 g/mol. The summed E-state index contributed by atoms with van der Waals surface area (Å²) in [6.07, 6.45) is 3.81. The van der Waals surface area contributed by atoms with Gasteiger partial charge in [-0.1, -0.05) is 44.3 Å². The highest BCUT2D eigenvalue weighted by Crippen LogP contribution is 2.53. The van der Waals surface area contributed by atoms with Crippen LogP contribution in [0.5, 0.6) is 0 Å². The van der Waals surface area contributed by atoms with E-state index in [4.69, 9.17) is 9.79 Å². The zero-order chi connectivity index (χ0) is 11.7. The average Bonchev–Trinajstić information content (AvgIpc) is 2.15. The fourth-order valence-corrected chi connectivity index (χ4v) is 8.89. The fourth-order valence-electron chi connectivity index (χ4n) is 0.429. The van der Waals surface area contributed by atoms with Gasteiger partial charge in [0, 0.05) is 5.75 Å². The molecule has 0 aromatic rings. The summed E-state index contributed by atoms with van der Waals surface area (Å²) in [6.45, 7) is 0. The predicted octanol–water partition coefficient (Wildman–Crippen LogP) is 3.31. The van der Waals surface area contributed by atoms with Gasteiger partial charge in [-0.15, -0.1) is 0 Å². The van der Waals surface area contributed by atoms with E-state index in [2.05, 4.69) is 4.13 Å². The third-order valence-corrected chi connectivity index (χ3v) is 10.4. The van der Waals surface area contributed by atoms with E-state index in [1.165, 1.54) is 54.3 Å². The van der Waals surface area contributed by atoms with Gasteiger partial charge >= 0.3 is 7.60 Å². The molecule has 0 rings (SSSR count). The van der Waals surface area contributed by atoms with Gasteiger partial charge in [0.05, 0.1) is 0 Å². The van der Waals surface area contributed by atoms with Crippen LogP contribution in [0.4, 0.5) is 0 Å². The minimum absolute atomic E-state index is 0.385. The van der Waals surface area contributed by atoms with Crippen LogP contribution in [0.25, 0.3) is 0 Å². The molecule has 0 bridgehead atoms. The normalized spacial score (nSPS) is 14.1. The molecule has 0 saturated heterocycles. The molecule has 0 aromatic carbocycles. The summed E-state index contributed by atoms with van der Waals surface area (Å²) in [5.74, 6) is 0.385. The van der Waals surface area contributed by atoms with E-state index in [0.29, 0.717) is 5.75 Å². The monoisotopic (exact) mass is 345 g/mol. The highest BCUT2D eigenvalue weighted by molar-refractivity contribution is 9.09. The van der Waals surface area contributed by atoms with Gasteiger partial charge in [-0.2, -0.15) is 4.13 Å². The summed E-state index contributed by atoms with van der Waals surface area (Å²) in [5.41, 5.74) is 0. The van der Waals surface area contributed by atoms with E-state index in [-0.39, 0.29) is 0 Å². The van der Waals surface area contributed by atoms with Gasteiger partial charge < -0.3 is 9.79 Å². The molecule has 92 valence electrons. The quantitative estimate of drug-likeness (QED) is 0.251. The lowest BCUT2D eigenvalue weighted by Crippen LogP contribution is -2.07. The van der Waals surface area contributed by atoms with Crippen molar-refractivity contribution in [3.05, 3.63) is 0 Å². The van der Waals surface area contributed by atoms with Crippen LogP contribution in [0.15, 0.2) is 0 Å². The number of nitrogens with one attached hydrogen (secondary N) is 1. The van der Waals surface area contributed by atoms with Gasteiger partial charge in [0.15, 0.2) is 0 Å². The largest absolute Gasteiger partial charge is 0.340 e. The van der Waals surface area contributed by atoms with Gasteiger partial charge in [-0.3, -0.25) is 4.57 Å². The number of hydrogen-bond acceptors (Lipinski definition) is 8. The molecule has 0 heterocycles. The second-order valence-corrected chi connectivity index (χ2v) is 11.9. The van der Waals surface area contributed by atoms with Crippen molar-refractivity contribution in [2.75, 3.05) is 18.3 Å². The molecule has 4 nitrogen and oxygen atoms in total. The van der Waals surface area contributed by atoms with Crippen molar-refractivity contribution in [1.82, 2.24) is 4.13 Å². The Balaban J connectivity index is 3.86. The lowest BCUT2D eigenvalue weighted by atomic mass is 10.9. The Morgan fingerprint density at radius 3 is 2.47 bits per heavy atom. The Morgan fingerprint density at radius 1 is 1.33 bits per heavy atom. The Labute approximate surface area is 114 Å². The first-order valence-electron chi connectivity index (χ1n) is 3.50. The van der Waals surface area contributed by atoms with Crippen molar-refractivity contribution in [2.45, 2.75) is 4.99 Å². The van der Waals surface area contributed by atoms with Crippen molar-refractivity contribution in [2.24, 2.45) is 0 Å². The van der Waals surface area contributed by atoms with E-state index in [1.807, 2.05) is 12.5 Å². The van der Waals surface area contributed by atoms with E-state index in [9.17, 15) is 4.57 Å². The molecule has 15 heavy (non-hydrogen) atoms. The van der Waals surface area contributed by atoms with Crippen LogP contribution in [0, 0.1) is 0 Å². The molecule has 0 saturated carbocycles. The molecule has 0 spiro atoms. The summed E-state index contributed by atoms with van der Waals surface area (Å²) in [6, 6.07) is 0. The summed E-state index contributed by atoms with van der Waals surface area (Å²) in [7, 11) is 3.10. The molecular weight excluding hydrogens is 333 g/mol. The van der Waals surface area contributed by atoms with Gasteiger partial charge in [0.1, 0.15) is 4.99 Å². The number of rotatable bonds is 9. The van der Waals surface area contributed by atoms with Crippen molar-refractivity contribution in [3.63, 3.8) is 0 Å². The Morgan fingerprint density at radius 2 is 2.00 bits per heavy atom. The lowest BCUT2D eigenvalue weighted by molar-refractivity contribution is 0.372.